The predicted octanol–water partition coefficient (Wildman–Crippen LogP) is 1.11. The van der Waals surface area contributed by atoms with E-state index in [1.54, 1.807) is 24.3 Å². The topological polar surface area (TPSA) is 79.4 Å². The minimum atomic E-state index is -3.36. The second-order valence-electron chi connectivity index (χ2n) is 6.62. The lowest BCUT2D eigenvalue weighted by Gasteiger charge is -2.32. The first-order chi connectivity index (χ1) is 12.4. The molecule has 0 radical (unpaired) electrons. The number of hydrogen-bond donors (Lipinski definition) is 0. The molecule has 144 valence electrons. The Hall–Kier alpha value is -1.68. The van der Waals surface area contributed by atoms with Crippen LogP contribution >= 0.6 is 0 Å². The third-order valence-corrected chi connectivity index (χ3v) is 6.51. The van der Waals surface area contributed by atoms with Gasteiger partial charge in [0.05, 0.1) is 13.2 Å². The van der Waals surface area contributed by atoms with Gasteiger partial charge in [0.2, 0.25) is 0 Å². The quantitative estimate of drug-likeness (QED) is 0.761. The van der Waals surface area contributed by atoms with Gasteiger partial charge in [0.25, 0.3) is 16.1 Å². The Kier molecular flexibility index (Phi) is 5.81. The number of hydroxylamine groups is 2. The summed E-state index contributed by atoms with van der Waals surface area (Å²) in [7, 11) is -0.291. The molecule has 2 aliphatic rings. The minimum absolute atomic E-state index is 0.0351. The van der Waals surface area contributed by atoms with E-state index in [1.807, 2.05) is 0 Å². The number of hydrogen-bond acceptors (Lipinski definition) is 5. The van der Waals surface area contributed by atoms with E-state index in [0.29, 0.717) is 50.4 Å². The fraction of sp³-hybridized carbons (Fsp3) is 0.588. The molecular weight excluding hydrogens is 358 g/mol. The van der Waals surface area contributed by atoms with Crippen molar-refractivity contribution in [2.24, 2.45) is 0 Å². The van der Waals surface area contributed by atoms with Gasteiger partial charge in [0.1, 0.15) is 11.9 Å². The third-order valence-electron chi connectivity index (χ3n) is 4.57. The SMILES string of the molecule is CN(C)S(=O)(=O)N1CCC(Oc2ccc(C(=O)N3CCCO3)cc2)CC1. The first-order valence-corrected chi connectivity index (χ1v) is 10.2. The van der Waals surface area contributed by atoms with E-state index >= 15 is 0 Å². The minimum Gasteiger partial charge on any atom is -0.490 e. The van der Waals surface area contributed by atoms with E-state index in [2.05, 4.69) is 0 Å². The van der Waals surface area contributed by atoms with E-state index in [-0.39, 0.29) is 12.0 Å². The van der Waals surface area contributed by atoms with Crippen molar-refractivity contribution in [2.45, 2.75) is 25.4 Å². The summed E-state index contributed by atoms with van der Waals surface area (Å²) >= 11 is 0. The maximum absolute atomic E-state index is 12.2. The van der Waals surface area contributed by atoms with Crippen molar-refractivity contribution >= 4 is 16.1 Å². The van der Waals surface area contributed by atoms with Gasteiger partial charge in [-0.05, 0) is 43.5 Å². The lowest BCUT2D eigenvalue weighted by molar-refractivity contribution is -0.0768. The fourth-order valence-electron chi connectivity index (χ4n) is 3.03. The molecule has 0 aromatic heterocycles. The van der Waals surface area contributed by atoms with Crippen molar-refractivity contribution in [2.75, 3.05) is 40.3 Å². The highest BCUT2D eigenvalue weighted by atomic mass is 32.2. The normalized spacial score (nSPS) is 19.9. The standard InChI is InChI=1S/C17H25N3O5S/c1-18(2)26(22,23)19-11-8-16(9-12-19)25-15-6-4-14(5-7-15)17(21)20-10-3-13-24-20/h4-7,16H,3,8-13H2,1-2H3. The van der Waals surface area contributed by atoms with Crippen molar-refractivity contribution in [1.82, 2.24) is 13.7 Å². The van der Waals surface area contributed by atoms with E-state index < -0.39 is 10.2 Å². The molecule has 3 rings (SSSR count). The van der Waals surface area contributed by atoms with Crippen LogP contribution in [0.2, 0.25) is 0 Å². The van der Waals surface area contributed by atoms with Gasteiger partial charge in [0, 0.05) is 32.7 Å². The summed E-state index contributed by atoms with van der Waals surface area (Å²) in [5, 5.41) is 1.39. The Morgan fingerprint density at radius 3 is 2.35 bits per heavy atom. The van der Waals surface area contributed by atoms with Gasteiger partial charge in [0.15, 0.2) is 0 Å². The van der Waals surface area contributed by atoms with Gasteiger partial charge in [-0.15, -0.1) is 0 Å². The summed E-state index contributed by atoms with van der Waals surface area (Å²) in [6.07, 6.45) is 2.09. The zero-order chi connectivity index (χ0) is 18.7. The van der Waals surface area contributed by atoms with Crippen molar-refractivity contribution in [3.8, 4) is 5.75 Å². The molecule has 2 fully saturated rings. The average Bonchev–Trinajstić information content (AvgIpc) is 3.17. The first-order valence-electron chi connectivity index (χ1n) is 8.77. The van der Waals surface area contributed by atoms with Crippen LogP contribution in [0.1, 0.15) is 29.6 Å². The van der Waals surface area contributed by atoms with Gasteiger partial charge < -0.3 is 4.74 Å². The van der Waals surface area contributed by atoms with Crippen LogP contribution in [0.4, 0.5) is 0 Å². The molecule has 1 aromatic carbocycles. The molecule has 0 bridgehead atoms. The van der Waals surface area contributed by atoms with E-state index in [4.69, 9.17) is 9.57 Å². The number of amides is 1. The fourth-order valence-corrected chi connectivity index (χ4v) is 4.17. The van der Waals surface area contributed by atoms with Crippen LogP contribution in [0.15, 0.2) is 24.3 Å². The summed E-state index contributed by atoms with van der Waals surface area (Å²) in [4.78, 5) is 17.5. The highest BCUT2D eigenvalue weighted by Gasteiger charge is 2.30. The molecule has 2 saturated heterocycles. The lowest BCUT2D eigenvalue weighted by atomic mass is 10.1. The van der Waals surface area contributed by atoms with Crippen LogP contribution in [0, 0.1) is 0 Å². The largest absolute Gasteiger partial charge is 0.490 e. The number of ether oxygens (including phenoxy) is 1. The third kappa shape index (κ3) is 4.17. The molecule has 0 atom stereocenters. The number of rotatable bonds is 5. The van der Waals surface area contributed by atoms with Crippen LogP contribution in [0.5, 0.6) is 5.75 Å². The van der Waals surface area contributed by atoms with Gasteiger partial charge in [-0.2, -0.15) is 17.0 Å². The van der Waals surface area contributed by atoms with Crippen molar-refractivity contribution in [1.29, 1.82) is 0 Å². The average molecular weight is 383 g/mol. The number of benzene rings is 1. The molecule has 2 aliphatic heterocycles. The van der Waals surface area contributed by atoms with Crippen LogP contribution in [0.3, 0.4) is 0 Å². The Balaban J connectivity index is 1.53. The van der Waals surface area contributed by atoms with E-state index in [0.717, 1.165) is 6.42 Å². The Labute approximate surface area is 154 Å². The second-order valence-corrected chi connectivity index (χ2v) is 8.77. The van der Waals surface area contributed by atoms with Crippen LogP contribution in [-0.4, -0.2) is 74.4 Å². The van der Waals surface area contributed by atoms with Crippen LogP contribution < -0.4 is 4.74 Å². The highest BCUT2D eigenvalue weighted by molar-refractivity contribution is 7.86. The Morgan fingerprint density at radius 2 is 1.81 bits per heavy atom. The molecule has 9 heteroatoms. The maximum atomic E-state index is 12.2. The smallest absolute Gasteiger partial charge is 0.281 e. The van der Waals surface area contributed by atoms with E-state index in [9.17, 15) is 13.2 Å². The monoisotopic (exact) mass is 383 g/mol. The van der Waals surface area contributed by atoms with Crippen LogP contribution in [0.25, 0.3) is 0 Å². The number of nitrogens with zero attached hydrogens (tertiary/aromatic N) is 3. The molecule has 0 spiro atoms. The Bertz CT molecular complexity index is 721. The summed E-state index contributed by atoms with van der Waals surface area (Å²) in [5.41, 5.74) is 0.561. The first kappa shape index (κ1) is 19.1. The maximum Gasteiger partial charge on any atom is 0.281 e. The van der Waals surface area contributed by atoms with Crippen molar-refractivity contribution in [3.63, 3.8) is 0 Å². The molecule has 1 aromatic rings. The summed E-state index contributed by atoms with van der Waals surface area (Å²) < 4.78 is 32.9. The van der Waals surface area contributed by atoms with Crippen LogP contribution in [-0.2, 0) is 15.0 Å². The molecule has 26 heavy (non-hydrogen) atoms. The van der Waals surface area contributed by atoms with Gasteiger partial charge in [-0.1, -0.05) is 0 Å². The van der Waals surface area contributed by atoms with Crippen molar-refractivity contribution < 1.29 is 22.8 Å². The highest BCUT2D eigenvalue weighted by Crippen LogP contribution is 2.22. The molecule has 0 unspecified atom stereocenters. The summed E-state index contributed by atoms with van der Waals surface area (Å²) in [6.45, 7) is 2.07. The number of carbonyl (C=O) groups excluding carboxylic acids is 1. The summed E-state index contributed by atoms with van der Waals surface area (Å²) in [6, 6.07) is 6.99. The molecule has 8 nitrogen and oxygen atoms in total. The zero-order valence-corrected chi connectivity index (χ0v) is 15.9. The predicted molar refractivity (Wildman–Crippen MR) is 95.9 cm³/mol. The molecule has 2 heterocycles. The number of carbonyl (C=O) groups is 1. The lowest BCUT2D eigenvalue weighted by Crippen LogP contribution is -2.46. The molecular formula is C17H25N3O5S. The molecule has 0 saturated carbocycles. The Morgan fingerprint density at radius 1 is 1.15 bits per heavy atom. The van der Waals surface area contributed by atoms with E-state index in [1.165, 1.54) is 27.8 Å². The van der Waals surface area contributed by atoms with Gasteiger partial charge in [-0.3, -0.25) is 9.63 Å². The number of piperidine rings is 1. The van der Waals surface area contributed by atoms with Gasteiger partial charge in [-0.25, -0.2) is 5.06 Å². The zero-order valence-electron chi connectivity index (χ0n) is 15.1. The van der Waals surface area contributed by atoms with Crippen molar-refractivity contribution in [3.05, 3.63) is 29.8 Å². The summed E-state index contributed by atoms with van der Waals surface area (Å²) in [5.74, 6) is 0.536. The van der Waals surface area contributed by atoms with Gasteiger partial charge >= 0.3 is 0 Å². The molecule has 0 aliphatic carbocycles. The molecule has 0 N–H and O–H groups in total. The second kappa shape index (κ2) is 7.91. The molecule has 1 amide bonds.